The van der Waals surface area contributed by atoms with E-state index in [0.29, 0.717) is 37.5 Å². The number of nitriles is 1. The van der Waals surface area contributed by atoms with Gasteiger partial charge in [0, 0.05) is 11.8 Å². The van der Waals surface area contributed by atoms with E-state index in [2.05, 4.69) is 15.3 Å². The molecule has 0 saturated carbocycles. The van der Waals surface area contributed by atoms with Gasteiger partial charge in [0.25, 0.3) is 12.0 Å². The first-order valence-corrected chi connectivity index (χ1v) is 10.3. The second kappa shape index (κ2) is 9.07. The fourth-order valence-corrected chi connectivity index (χ4v) is 3.84. The van der Waals surface area contributed by atoms with Crippen LogP contribution < -0.4 is 15.9 Å². The van der Waals surface area contributed by atoms with E-state index < -0.39 is 29.4 Å². The van der Waals surface area contributed by atoms with Crippen molar-refractivity contribution in [2.45, 2.75) is 26.3 Å². The van der Waals surface area contributed by atoms with Gasteiger partial charge < -0.3 is 15.1 Å². The number of pyridine rings is 1. The number of ether oxygens (including phenoxy) is 1. The lowest BCUT2D eigenvalue weighted by molar-refractivity contribution is 0.110. The summed E-state index contributed by atoms with van der Waals surface area (Å²) in [4.78, 5) is 21.7. The molecule has 172 valence electrons. The van der Waals surface area contributed by atoms with Gasteiger partial charge in [0.2, 0.25) is 0 Å². The average Bonchev–Trinajstić information content (AvgIpc) is 2.79. The number of aryl methyl sites for hydroxylation is 1. The highest BCUT2D eigenvalue weighted by Crippen LogP contribution is 2.30. The van der Waals surface area contributed by atoms with Crippen molar-refractivity contribution in [3.63, 3.8) is 0 Å². The second-order valence-electron chi connectivity index (χ2n) is 7.63. The van der Waals surface area contributed by atoms with Gasteiger partial charge >= 0.3 is 0 Å². The summed E-state index contributed by atoms with van der Waals surface area (Å²) in [7, 11) is 0. The molecule has 1 atom stereocenters. The molecule has 0 bridgehead atoms. The molecular formula is C22H21F3N6O2. The van der Waals surface area contributed by atoms with Crippen molar-refractivity contribution >= 4 is 16.7 Å². The van der Waals surface area contributed by atoms with Crippen LogP contribution in [0, 0.1) is 24.1 Å². The average molecular weight is 458 g/mol. The Balaban J connectivity index is 1.83. The van der Waals surface area contributed by atoms with Crippen molar-refractivity contribution in [1.82, 2.24) is 14.6 Å². The molecule has 3 heterocycles. The highest BCUT2D eigenvalue weighted by molar-refractivity contribution is 5.92. The van der Waals surface area contributed by atoms with Crippen molar-refractivity contribution in [2.24, 2.45) is 0 Å². The molecule has 1 aliphatic rings. The number of benzene rings is 1. The Morgan fingerprint density at radius 1 is 1.21 bits per heavy atom. The summed E-state index contributed by atoms with van der Waals surface area (Å²) >= 11 is 0. The van der Waals surface area contributed by atoms with Crippen LogP contribution in [0.4, 0.5) is 19.0 Å². The molecule has 33 heavy (non-hydrogen) atoms. The summed E-state index contributed by atoms with van der Waals surface area (Å²) < 4.78 is 47.7. The van der Waals surface area contributed by atoms with Crippen LogP contribution in [0.25, 0.3) is 10.9 Å². The van der Waals surface area contributed by atoms with Gasteiger partial charge in [0.05, 0.1) is 43.3 Å². The lowest BCUT2D eigenvalue weighted by atomic mass is 10.0. The lowest BCUT2D eigenvalue weighted by Crippen LogP contribution is -2.49. The molecule has 1 fully saturated rings. The van der Waals surface area contributed by atoms with Crippen LogP contribution in [-0.2, 0) is 4.74 Å². The number of rotatable bonds is 5. The highest BCUT2D eigenvalue weighted by Gasteiger charge is 2.23. The molecule has 8 nitrogen and oxygen atoms in total. The molecule has 1 aliphatic heterocycles. The van der Waals surface area contributed by atoms with E-state index in [1.807, 2.05) is 6.07 Å². The molecular weight excluding hydrogens is 437 g/mol. The number of hydrogen-bond acceptors (Lipinski definition) is 7. The zero-order chi connectivity index (χ0) is 23.7. The molecule has 3 aromatic rings. The van der Waals surface area contributed by atoms with Crippen LogP contribution in [-0.4, -0.2) is 40.9 Å². The van der Waals surface area contributed by atoms with E-state index in [1.54, 1.807) is 18.9 Å². The van der Waals surface area contributed by atoms with Gasteiger partial charge in [-0.05, 0) is 13.8 Å². The molecule has 11 heteroatoms. The van der Waals surface area contributed by atoms with E-state index >= 15 is 0 Å². The van der Waals surface area contributed by atoms with Gasteiger partial charge in [-0.2, -0.15) is 5.26 Å². The Morgan fingerprint density at radius 2 is 1.91 bits per heavy atom. The lowest BCUT2D eigenvalue weighted by Gasteiger charge is -2.30. The number of halogens is 3. The summed E-state index contributed by atoms with van der Waals surface area (Å²) in [6.45, 7) is 4.97. The van der Waals surface area contributed by atoms with E-state index in [1.165, 1.54) is 23.0 Å². The monoisotopic (exact) mass is 458 g/mol. The van der Waals surface area contributed by atoms with Gasteiger partial charge in [0.1, 0.15) is 34.6 Å². The van der Waals surface area contributed by atoms with Crippen LogP contribution in [0.1, 0.15) is 41.9 Å². The van der Waals surface area contributed by atoms with Gasteiger partial charge in [-0.1, -0.05) is 18.2 Å². The van der Waals surface area contributed by atoms with Crippen molar-refractivity contribution < 1.29 is 17.9 Å². The van der Waals surface area contributed by atoms with E-state index in [9.17, 15) is 23.2 Å². The minimum absolute atomic E-state index is 0.0409. The zero-order valence-electron chi connectivity index (χ0n) is 18.0. The predicted octanol–water partition coefficient (Wildman–Crippen LogP) is 3.19. The summed E-state index contributed by atoms with van der Waals surface area (Å²) in [5.74, 6) is -0.449. The number of morpholine rings is 1. The standard InChI is InChI=1S/C22H21F3N6O2/c1-12(14-4-3-5-15(18(14)23)20(24)25)27-21-17-11-31(30-6-8-33-9-7-30)22(32)16(10-26)19(17)28-13(2)29-21/h3-5,11-12,20H,6-9H2,1-2H3,(H,27,28,29). The Labute approximate surface area is 187 Å². The number of hydrogen-bond donors (Lipinski definition) is 1. The Hall–Kier alpha value is -3.65. The maximum absolute atomic E-state index is 14.7. The van der Waals surface area contributed by atoms with Crippen molar-refractivity contribution in [3.05, 3.63) is 63.1 Å². The van der Waals surface area contributed by atoms with Crippen LogP contribution in [0.15, 0.2) is 29.2 Å². The third-order valence-electron chi connectivity index (χ3n) is 5.48. The molecule has 1 N–H and O–H groups in total. The fraction of sp³-hybridized carbons (Fsp3) is 0.364. The topological polar surface area (TPSA) is 96.1 Å². The van der Waals surface area contributed by atoms with Crippen molar-refractivity contribution in [1.29, 1.82) is 5.26 Å². The number of nitrogens with zero attached hydrogens (tertiary/aromatic N) is 5. The zero-order valence-corrected chi connectivity index (χ0v) is 18.0. The maximum Gasteiger partial charge on any atom is 0.289 e. The van der Waals surface area contributed by atoms with Crippen molar-refractivity contribution in [2.75, 3.05) is 36.6 Å². The van der Waals surface area contributed by atoms with Gasteiger partial charge in [-0.3, -0.25) is 4.79 Å². The normalized spacial score (nSPS) is 15.0. The molecule has 1 saturated heterocycles. The third kappa shape index (κ3) is 4.21. The first-order chi connectivity index (χ1) is 15.8. The second-order valence-corrected chi connectivity index (χ2v) is 7.63. The number of fused-ring (bicyclic) bond motifs is 1. The van der Waals surface area contributed by atoms with Crippen LogP contribution in [0.3, 0.4) is 0 Å². The quantitative estimate of drug-likeness (QED) is 0.627. The molecule has 1 unspecified atom stereocenters. The first-order valence-electron chi connectivity index (χ1n) is 10.3. The Bertz CT molecular complexity index is 1300. The van der Waals surface area contributed by atoms with Crippen molar-refractivity contribution in [3.8, 4) is 6.07 Å². The highest BCUT2D eigenvalue weighted by atomic mass is 19.3. The van der Waals surface area contributed by atoms with Crippen LogP contribution in [0.5, 0.6) is 0 Å². The molecule has 0 radical (unpaired) electrons. The van der Waals surface area contributed by atoms with Crippen LogP contribution >= 0.6 is 0 Å². The minimum atomic E-state index is -2.94. The molecule has 1 aromatic carbocycles. The first kappa shape index (κ1) is 22.5. The maximum atomic E-state index is 14.7. The van der Waals surface area contributed by atoms with Gasteiger partial charge in [0.15, 0.2) is 0 Å². The Morgan fingerprint density at radius 3 is 2.58 bits per heavy atom. The summed E-state index contributed by atoms with van der Waals surface area (Å²) in [5.41, 5.74) is -1.14. The minimum Gasteiger partial charge on any atom is -0.378 e. The number of anilines is 1. The number of alkyl halides is 2. The summed E-state index contributed by atoms with van der Waals surface area (Å²) in [6.07, 6.45) is -1.41. The predicted molar refractivity (Wildman–Crippen MR) is 115 cm³/mol. The van der Waals surface area contributed by atoms with Gasteiger partial charge in [-0.15, -0.1) is 0 Å². The van der Waals surface area contributed by atoms with E-state index in [4.69, 9.17) is 4.74 Å². The van der Waals surface area contributed by atoms with Gasteiger partial charge in [-0.25, -0.2) is 27.8 Å². The molecule has 4 rings (SSSR count). The molecule has 2 aromatic heterocycles. The molecule has 0 spiro atoms. The fourth-order valence-electron chi connectivity index (χ4n) is 3.84. The Kier molecular flexibility index (Phi) is 6.20. The molecule has 0 amide bonds. The van der Waals surface area contributed by atoms with Crippen LogP contribution in [0.2, 0.25) is 0 Å². The smallest absolute Gasteiger partial charge is 0.289 e. The number of nitrogens with one attached hydrogen (secondary N) is 1. The SMILES string of the molecule is Cc1nc(NC(C)c2cccc(C(F)F)c2F)c2cn(N3CCOCC3)c(=O)c(C#N)c2n1. The van der Waals surface area contributed by atoms with E-state index in [0.717, 1.165) is 6.07 Å². The third-order valence-corrected chi connectivity index (χ3v) is 5.48. The molecule has 0 aliphatic carbocycles. The summed E-state index contributed by atoms with van der Waals surface area (Å²) in [5, 5.41) is 14.9. The number of aromatic nitrogens is 3. The largest absolute Gasteiger partial charge is 0.378 e. The summed E-state index contributed by atoms with van der Waals surface area (Å²) in [6, 6.07) is 5.02. The van der Waals surface area contributed by atoms with E-state index in [-0.39, 0.29) is 22.5 Å².